The van der Waals surface area contributed by atoms with Crippen molar-refractivity contribution in [3.63, 3.8) is 0 Å². The molecule has 0 saturated carbocycles. The predicted octanol–water partition coefficient (Wildman–Crippen LogP) is 5.11. The summed E-state index contributed by atoms with van der Waals surface area (Å²) in [6.07, 6.45) is 1.53. The van der Waals surface area contributed by atoms with Gasteiger partial charge in [-0.3, -0.25) is 0 Å². The van der Waals surface area contributed by atoms with E-state index in [4.69, 9.17) is 0 Å². The molecule has 6 nitrogen and oxygen atoms in total. The average molecular weight is 415 g/mol. The monoisotopic (exact) mass is 415 g/mol. The Balaban J connectivity index is 1.27. The first-order chi connectivity index (χ1) is 15.2. The second-order valence-corrected chi connectivity index (χ2v) is 7.73. The third-order valence-corrected chi connectivity index (χ3v) is 5.78. The second kappa shape index (κ2) is 8.18. The van der Waals surface area contributed by atoms with Gasteiger partial charge in [0.25, 0.3) is 0 Å². The van der Waals surface area contributed by atoms with Gasteiger partial charge in [-0.2, -0.15) is 0 Å². The van der Waals surface area contributed by atoms with Gasteiger partial charge in [0.15, 0.2) is 0 Å². The molecule has 0 atom stereocenters. The van der Waals surface area contributed by atoms with E-state index >= 15 is 0 Å². The normalized spacial score (nSPS) is 14.7. The number of nitrogens with zero attached hydrogens (tertiary/aromatic N) is 4. The molecule has 2 heterocycles. The van der Waals surface area contributed by atoms with E-state index in [0.29, 0.717) is 18.6 Å². The molecule has 0 bridgehead atoms. The van der Waals surface area contributed by atoms with E-state index in [1.165, 1.54) is 12.1 Å². The molecule has 4 aromatic rings. The van der Waals surface area contributed by atoms with Gasteiger partial charge in [-0.15, -0.1) is 5.10 Å². The Morgan fingerprint density at radius 3 is 2.52 bits per heavy atom. The molecule has 1 saturated heterocycles. The number of carbonyl (C=O) groups is 1. The number of hydrogen-bond acceptors (Lipinski definition) is 3. The van der Waals surface area contributed by atoms with E-state index in [-0.39, 0.29) is 17.9 Å². The molecule has 31 heavy (non-hydrogen) atoms. The zero-order chi connectivity index (χ0) is 21.2. The van der Waals surface area contributed by atoms with Gasteiger partial charge in [0.05, 0.1) is 17.2 Å². The molecule has 0 unspecified atom stereocenters. The third-order valence-electron chi connectivity index (χ3n) is 5.78. The van der Waals surface area contributed by atoms with Crippen LogP contribution in [0.2, 0.25) is 0 Å². The van der Waals surface area contributed by atoms with Crippen molar-refractivity contribution in [2.75, 3.05) is 18.4 Å². The lowest BCUT2D eigenvalue weighted by Crippen LogP contribution is -2.41. The van der Waals surface area contributed by atoms with Crippen LogP contribution >= 0.6 is 0 Å². The van der Waals surface area contributed by atoms with E-state index in [2.05, 4.69) is 15.6 Å². The van der Waals surface area contributed by atoms with Crippen LogP contribution in [0.15, 0.2) is 72.8 Å². The molecule has 156 valence electrons. The van der Waals surface area contributed by atoms with Crippen LogP contribution in [-0.2, 0) is 0 Å². The fourth-order valence-electron chi connectivity index (χ4n) is 4.15. The molecule has 5 rings (SSSR count). The highest BCUT2D eigenvalue weighted by Crippen LogP contribution is 2.29. The highest BCUT2D eigenvalue weighted by atomic mass is 19.1. The van der Waals surface area contributed by atoms with Crippen molar-refractivity contribution in [2.45, 2.75) is 18.9 Å². The van der Waals surface area contributed by atoms with Crippen LogP contribution in [0, 0.1) is 5.82 Å². The summed E-state index contributed by atoms with van der Waals surface area (Å²) in [5, 5.41) is 11.4. The maximum atomic E-state index is 13.4. The van der Waals surface area contributed by atoms with Crippen molar-refractivity contribution in [1.29, 1.82) is 0 Å². The number of anilines is 1. The molecule has 0 radical (unpaired) electrons. The number of rotatable bonds is 3. The minimum absolute atomic E-state index is 0.104. The largest absolute Gasteiger partial charge is 0.324 e. The second-order valence-electron chi connectivity index (χ2n) is 7.73. The molecule has 1 N–H and O–H groups in total. The average Bonchev–Trinajstić information content (AvgIpc) is 3.23. The van der Waals surface area contributed by atoms with Crippen LogP contribution in [0.25, 0.3) is 22.2 Å². The minimum atomic E-state index is -0.318. The number of piperidine rings is 1. The van der Waals surface area contributed by atoms with Crippen LogP contribution in [0.5, 0.6) is 0 Å². The summed E-state index contributed by atoms with van der Waals surface area (Å²) < 4.78 is 15.3. The minimum Gasteiger partial charge on any atom is -0.324 e. The number of benzene rings is 3. The van der Waals surface area contributed by atoms with Gasteiger partial charge >= 0.3 is 6.03 Å². The standard InChI is InChI=1S/C24H22FN5O/c25-18-10-11-23-22(16-18)27-28-30(23)19-12-14-29(15-13-19)24(31)26-21-9-5-4-8-20(21)17-6-2-1-3-7-17/h1-11,16,19H,12-15H2,(H,26,31). The molecular weight excluding hydrogens is 393 g/mol. The van der Waals surface area contributed by atoms with E-state index < -0.39 is 0 Å². The summed E-state index contributed by atoms with van der Waals surface area (Å²) in [4.78, 5) is 14.8. The zero-order valence-electron chi connectivity index (χ0n) is 16.9. The molecule has 3 aromatic carbocycles. The molecule has 2 amide bonds. The quantitative estimate of drug-likeness (QED) is 0.506. The van der Waals surface area contributed by atoms with E-state index in [9.17, 15) is 9.18 Å². The lowest BCUT2D eigenvalue weighted by Gasteiger charge is -2.32. The van der Waals surface area contributed by atoms with Crippen molar-refractivity contribution < 1.29 is 9.18 Å². The molecule has 0 spiro atoms. The van der Waals surface area contributed by atoms with Gasteiger partial charge in [0.1, 0.15) is 11.3 Å². The van der Waals surface area contributed by atoms with Crippen LogP contribution in [0.1, 0.15) is 18.9 Å². The summed E-state index contributed by atoms with van der Waals surface area (Å²) in [6, 6.07) is 22.4. The molecular formula is C24H22FN5O. The van der Waals surface area contributed by atoms with Gasteiger partial charge in [0.2, 0.25) is 0 Å². The molecule has 1 aliphatic rings. The highest BCUT2D eigenvalue weighted by Gasteiger charge is 2.26. The number of hydrogen-bond donors (Lipinski definition) is 1. The number of aromatic nitrogens is 3. The zero-order valence-corrected chi connectivity index (χ0v) is 16.9. The third kappa shape index (κ3) is 3.86. The number of amides is 2. The molecule has 1 fully saturated rings. The summed E-state index contributed by atoms with van der Waals surface area (Å²) in [5.74, 6) is -0.318. The number of nitrogens with one attached hydrogen (secondary N) is 1. The molecule has 1 aromatic heterocycles. The fourth-order valence-corrected chi connectivity index (χ4v) is 4.15. The summed E-state index contributed by atoms with van der Waals surface area (Å²) in [7, 11) is 0. The summed E-state index contributed by atoms with van der Waals surface area (Å²) in [6.45, 7) is 1.24. The number of carbonyl (C=O) groups excluding carboxylic acids is 1. The fraction of sp³-hybridized carbons (Fsp3) is 0.208. The maximum absolute atomic E-state index is 13.4. The Kier molecular flexibility index (Phi) is 5.08. The lowest BCUT2D eigenvalue weighted by molar-refractivity contribution is 0.181. The smallest absolute Gasteiger partial charge is 0.321 e. The van der Waals surface area contributed by atoms with Gasteiger partial charge in [-0.05, 0) is 36.6 Å². The number of fused-ring (bicyclic) bond motifs is 1. The van der Waals surface area contributed by atoms with Gasteiger partial charge in [-0.1, -0.05) is 53.7 Å². The highest BCUT2D eigenvalue weighted by molar-refractivity contribution is 5.94. The lowest BCUT2D eigenvalue weighted by atomic mass is 10.0. The first kappa shape index (κ1) is 19.2. The Labute approximate surface area is 179 Å². The summed E-state index contributed by atoms with van der Waals surface area (Å²) in [5.41, 5.74) is 4.23. The number of urea groups is 1. The van der Waals surface area contributed by atoms with Gasteiger partial charge in [0, 0.05) is 24.7 Å². The number of likely N-dealkylation sites (tertiary alicyclic amines) is 1. The molecule has 0 aliphatic carbocycles. The van der Waals surface area contributed by atoms with Crippen molar-refractivity contribution in [3.8, 4) is 11.1 Å². The first-order valence-electron chi connectivity index (χ1n) is 10.4. The van der Waals surface area contributed by atoms with Crippen molar-refractivity contribution in [1.82, 2.24) is 19.9 Å². The van der Waals surface area contributed by atoms with Crippen molar-refractivity contribution >= 4 is 22.8 Å². The number of halogens is 1. The molecule has 7 heteroatoms. The number of para-hydroxylation sites is 1. The van der Waals surface area contributed by atoms with E-state index in [0.717, 1.165) is 35.2 Å². The van der Waals surface area contributed by atoms with Crippen LogP contribution in [0.4, 0.5) is 14.9 Å². The Bertz CT molecular complexity index is 1220. The van der Waals surface area contributed by atoms with Crippen molar-refractivity contribution in [2.24, 2.45) is 0 Å². The first-order valence-corrected chi connectivity index (χ1v) is 10.4. The Hall–Kier alpha value is -3.74. The van der Waals surface area contributed by atoms with Crippen LogP contribution < -0.4 is 5.32 Å². The Morgan fingerprint density at radius 1 is 0.968 bits per heavy atom. The van der Waals surface area contributed by atoms with Crippen LogP contribution in [-0.4, -0.2) is 39.0 Å². The van der Waals surface area contributed by atoms with E-state index in [1.807, 2.05) is 64.2 Å². The SMILES string of the molecule is O=C(Nc1ccccc1-c1ccccc1)N1CCC(n2nnc3cc(F)ccc32)CC1. The van der Waals surface area contributed by atoms with Gasteiger partial charge < -0.3 is 10.2 Å². The Morgan fingerprint density at radius 2 is 1.71 bits per heavy atom. The van der Waals surface area contributed by atoms with E-state index in [1.54, 1.807) is 6.07 Å². The summed E-state index contributed by atoms with van der Waals surface area (Å²) >= 11 is 0. The topological polar surface area (TPSA) is 63.1 Å². The van der Waals surface area contributed by atoms with Gasteiger partial charge in [-0.25, -0.2) is 13.9 Å². The van der Waals surface area contributed by atoms with Crippen LogP contribution in [0.3, 0.4) is 0 Å². The molecule has 1 aliphatic heterocycles. The predicted molar refractivity (Wildman–Crippen MR) is 118 cm³/mol. The maximum Gasteiger partial charge on any atom is 0.321 e. The van der Waals surface area contributed by atoms with Crippen molar-refractivity contribution in [3.05, 3.63) is 78.6 Å².